The first-order chi connectivity index (χ1) is 15.3. The van der Waals surface area contributed by atoms with Crippen molar-refractivity contribution in [1.82, 2.24) is 0 Å². The van der Waals surface area contributed by atoms with Crippen LogP contribution in [0.4, 0.5) is 5.69 Å². The number of phenols is 1. The van der Waals surface area contributed by atoms with Gasteiger partial charge in [0.15, 0.2) is 17.7 Å². The van der Waals surface area contributed by atoms with E-state index in [1.54, 1.807) is 37.3 Å². The Morgan fingerprint density at radius 2 is 1.50 bits per heavy atom. The molecular formula is C25H19NO6. The number of benzene rings is 3. The largest absolute Gasteiger partial charge is 0.507 e. The van der Waals surface area contributed by atoms with E-state index in [2.05, 4.69) is 5.32 Å². The highest BCUT2D eigenvalue weighted by atomic mass is 16.5. The third-order valence-electron chi connectivity index (χ3n) is 5.22. The molecule has 4 rings (SSSR count). The van der Waals surface area contributed by atoms with Crippen LogP contribution >= 0.6 is 0 Å². The Balaban J connectivity index is 1.50. The van der Waals surface area contributed by atoms with Gasteiger partial charge in [-0.2, -0.15) is 0 Å². The summed E-state index contributed by atoms with van der Waals surface area (Å²) >= 11 is 0. The first kappa shape index (κ1) is 21.0. The summed E-state index contributed by atoms with van der Waals surface area (Å²) in [6, 6.07) is 15.5. The minimum absolute atomic E-state index is 0.0493. The van der Waals surface area contributed by atoms with Crippen molar-refractivity contribution in [2.75, 3.05) is 5.32 Å². The highest BCUT2D eigenvalue weighted by Gasteiger charge is 2.30. The van der Waals surface area contributed by atoms with Crippen LogP contribution in [0.15, 0.2) is 60.7 Å². The van der Waals surface area contributed by atoms with Gasteiger partial charge in [0.05, 0.1) is 0 Å². The fraction of sp³-hybridized carbons (Fsp3) is 0.120. The standard InChI is InChI=1S/C25H19NO6/c1-13-7-9-19(21(27)11-13)25(31)32-14(2)24(30)26-15-8-10-18-20(12-15)23(29)17-6-4-3-5-16(17)22(18)28/h3-12,14,27H,1-2H3,(H,26,30). The molecule has 0 radical (unpaired) electrons. The van der Waals surface area contributed by atoms with E-state index in [0.717, 1.165) is 5.56 Å². The van der Waals surface area contributed by atoms with Crippen molar-refractivity contribution in [2.24, 2.45) is 0 Å². The van der Waals surface area contributed by atoms with Crippen LogP contribution in [-0.4, -0.2) is 34.7 Å². The number of fused-ring (bicyclic) bond motifs is 2. The van der Waals surface area contributed by atoms with Crippen LogP contribution in [0.3, 0.4) is 0 Å². The molecule has 7 nitrogen and oxygen atoms in total. The van der Waals surface area contributed by atoms with Gasteiger partial charge in [-0.25, -0.2) is 4.79 Å². The molecule has 0 bridgehead atoms. The van der Waals surface area contributed by atoms with E-state index in [1.807, 2.05) is 0 Å². The lowest BCUT2D eigenvalue weighted by atomic mass is 9.84. The van der Waals surface area contributed by atoms with Crippen LogP contribution in [0.25, 0.3) is 0 Å². The summed E-state index contributed by atoms with van der Waals surface area (Å²) in [5.74, 6) is -2.26. The van der Waals surface area contributed by atoms with Crippen LogP contribution in [0, 0.1) is 6.92 Å². The molecule has 1 atom stereocenters. The summed E-state index contributed by atoms with van der Waals surface area (Å²) in [6.07, 6.45) is -1.17. The SMILES string of the molecule is Cc1ccc(C(=O)OC(C)C(=O)Nc2ccc3c(c2)C(=O)c2ccccc2C3=O)c(O)c1. The molecular weight excluding hydrogens is 410 g/mol. The summed E-state index contributed by atoms with van der Waals surface area (Å²) in [6.45, 7) is 3.15. The van der Waals surface area contributed by atoms with Gasteiger partial charge in [-0.05, 0) is 49.7 Å². The van der Waals surface area contributed by atoms with Crippen molar-refractivity contribution in [3.8, 4) is 5.75 Å². The van der Waals surface area contributed by atoms with Gasteiger partial charge >= 0.3 is 5.97 Å². The first-order valence-electron chi connectivity index (χ1n) is 9.90. The number of rotatable bonds is 4. The molecule has 7 heteroatoms. The Morgan fingerprint density at radius 3 is 2.16 bits per heavy atom. The topological polar surface area (TPSA) is 110 Å². The molecule has 1 amide bonds. The number of amides is 1. The van der Waals surface area contributed by atoms with E-state index in [-0.39, 0.29) is 39.7 Å². The maximum Gasteiger partial charge on any atom is 0.342 e. The van der Waals surface area contributed by atoms with Crippen molar-refractivity contribution in [3.05, 3.63) is 94.0 Å². The predicted octanol–water partition coefficient (Wildman–Crippen LogP) is 3.66. The number of esters is 1. The number of phenolic OH excluding ortho intramolecular Hbond substituents is 1. The quantitative estimate of drug-likeness (QED) is 0.479. The van der Waals surface area contributed by atoms with Crippen LogP contribution in [0.1, 0.15) is 54.7 Å². The Morgan fingerprint density at radius 1 is 0.875 bits per heavy atom. The van der Waals surface area contributed by atoms with E-state index in [4.69, 9.17) is 4.74 Å². The smallest absolute Gasteiger partial charge is 0.342 e. The Hall–Kier alpha value is -4.26. The minimum atomic E-state index is -1.17. The molecule has 0 aliphatic heterocycles. The molecule has 0 fully saturated rings. The molecule has 32 heavy (non-hydrogen) atoms. The monoisotopic (exact) mass is 429 g/mol. The number of nitrogens with one attached hydrogen (secondary N) is 1. The van der Waals surface area contributed by atoms with E-state index in [0.29, 0.717) is 11.1 Å². The van der Waals surface area contributed by atoms with Crippen LogP contribution < -0.4 is 5.32 Å². The van der Waals surface area contributed by atoms with E-state index in [1.165, 1.54) is 37.3 Å². The third kappa shape index (κ3) is 3.76. The van der Waals surface area contributed by atoms with E-state index < -0.39 is 18.0 Å². The number of anilines is 1. The van der Waals surface area contributed by atoms with Crippen LogP contribution in [0.5, 0.6) is 5.75 Å². The normalized spacial score (nSPS) is 13.1. The summed E-state index contributed by atoms with van der Waals surface area (Å²) in [5, 5.41) is 12.5. The number of carbonyl (C=O) groups excluding carboxylic acids is 4. The minimum Gasteiger partial charge on any atom is -0.507 e. The zero-order chi connectivity index (χ0) is 23.0. The fourth-order valence-corrected chi connectivity index (χ4v) is 3.51. The lowest BCUT2D eigenvalue weighted by Crippen LogP contribution is -2.30. The molecule has 2 N–H and O–H groups in total. The first-order valence-corrected chi connectivity index (χ1v) is 9.90. The Kier molecular flexibility index (Phi) is 5.32. The summed E-state index contributed by atoms with van der Waals surface area (Å²) < 4.78 is 5.16. The Bertz CT molecular complexity index is 1290. The summed E-state index contributed by atoms with van der Waals surface area (Å²) in [7, 11) is 0. The van der Waals surface area contributed by atoms with Gasteiger partial charge in [0.2, 0.25) is 0 Å². The van der Waals surface area contributed by atoms with Gasteiger partial charge in [0.25, 0.3) is 5.91 Å². The molecule has 0 aromatic heterocycles. The van der Waals surface area contributed by atoms with Crippen molar-refractivity contribution in [1.29, 1.82) is 0 Å². The predicted molar refractivity (Wildman–Crippen MR) is 116 cm³/mol. The van der Waals surface area contributed by atoms with Crippen LogP contribution in [0.2, 0.25) is 0 Å². The van der Waals surface area contributed by atoms with Gasteiger partial charge in [-0.1, -0.05) is 30.3 Å². The summed E-state index contributed by atoms with van der Waals surface area (Å²) in [5.41, 5.74) is 2.13. The molecule has 1 unspecified atom stereocenters. The molecule has 3 aromatic carbocycles. The number of hydrogen-bond donors (Lipinski definition) is 2. The molecule has 0 saturated heterocycles. The van der Waals surface area contributed by atoms with Crippen molar-refractivity contribution >= 4 is 29.1 Å². The van der Waals surface area contributed by atoms with Gasteiger partial charge in [0.1, 0.15) is 11.3 Å². The van der Waals surface area contributed by atoms with Gasteiger partial charge in [-0.15, -0.1) is 0 Å². The zero-order valence-electron chi connectivity index (χ0n) is 17.3. The highest BCUT2D eigenvalue weighted by Crippen LogP contribution is 2.29. The second-order valence-electron chi connectivity index (χ2n) is 7.52. The maximum absolute atomic E-state index is 12.8. The maximum atomic E-state index is 12.8. The molecule has 0 saturated carbocycles. The zero-order valence-corrected chi connectivity index (χ0v) is 17.3. The van der Waals surface area contributed by atoms with Gasteiger partial charge < -0.3 is 15.2 Å². The third-order valence-corrected chi connectivity index (χ3v) is 5.22. The molecule has 160 valence electrons. The van der Waals surface area contributed by atoms with Crippen LogP contribution in [-0.2, 0) is 9.53 Å². The molecule has 0 heterocycles. The second-order valence-corrected chi connectivity index (χ2v) is 7.52. The highest BCUT2D eigenvalue weighted by molar-refractivity contribution is 6.28. The number of ketones is 2. The van der Waals surface area contributed by atoms with Crippen molar-refractivity contribution < 1.29 is 29.0 Å². The lowest BCUT2D eigenvalue weighted by molar-refractivity contribution is -0.123. The lowest BCUT2D eigenvalue weighted by Gasteiger charge is -2.19. The van der Waals surface area contributed by atoms with Gasteiger partial charge in [0, 0.05) is 27.9 Å². The summed E-state index contributed by atoms with van der Waals surface area (Å²) in [4.78, 5) is 50.3. The van der Waals surface area contributed by atoms with Crippen molar-refractivity contribution in [2.45, 2.75) is 20.0 Å². The molecule has 1 aliphatic rings. The number of ether oxygens (including phenoxy) is 1. The van der Waals surface area contributed by atoms with Crippen molar-refractivity contribution in [3.63, 3.8) is 0 Å². The van der Waals surface area contributed by atoms with Gasteiger partial charge in [-0.3, -0.25) is 14.4 Å². The number of hydrogen-bond acceptors (Lipinski definition) is 6. The molecule has 1 aliphatic carbocycles. The van der Waals surface area contributed by atoms with E-state index in [9.17, 15) is 24.3 Å². The average Bonchev–Trinajstić information content (AvgIpc) is 2.77. The number of aryl methyl sites for hydroxylation is 1. The number of aromatic hydroxyl groups is 1. The Labute approximate surface area is 183 Å². The number of carbonyl (C=O) groups is 4. The average molecular weight is 429 g/mol. The second kappa shape index (κ2) is 8.11. The fourth-order valence-electron chi connectivity index (χ4n) is 3.51. The molecule has 0 spiro atoms. The molecule has 3 aromatic rings. The van der Waals surface area contributed by atoms with E-state index >= 15 is 0 Å².